The molecule has 0 unspecified atom stereocenters. The number of aromatic amines is 1. The van der Waals surface area contributed by atoms with Crippen molar-refractivity contribution in [3.05, 3.63) is 5.69 Å². The Morgan fingerprint density at radius 3 is 2.59 bits per heavy atom. The van der Waals surface area contributed by atoms with E-state index in [4.69, 9.17) is 4.74 Å². The summed E-state index contributed by atoms with van der Waals surface area (Å²) in [5.74, 6) is -0.127. The quantitative estimate of drug-likeness (QED) is 0.538. The molecule has 0 spiro atoms. The smallest absolute Gasteiger partial charge is 0.407 e. The second-order valence-corrected chi connectivity index (χ2v) is 8.80. The van der Waals surface area contributed by atoms with Gasteiger partial charge in [0.15, 0.2) is 10.7 Å². The lowest BCUT2D eigenvalue weighted by atomic mass is 9.71. The van der Waals surface area contributed by atoms with Crippen LogP contribution in [-0.4, -0.2) is 49.8 Å². The van der Waals surface area contributed by atoms with Gasteiger partial charge in [-0.3, -0.25) is 5.10 Å². The van der Waals surface area contributed by atoms with E-state index in [0.29, 0.717) is 22.7 Å². The van der Waals surface area contributed by atoms with Gasteiger partial charge in [0.2, 0.25) is 5.88 Å². The van der Waals surface area contributed by atoms with Gasteiger partial charge in [-0.2, -0.15) is 10.1 Å². The first kappa shape index (κ1) is 19.7. The normalized spacial score (nSPS) is 17.0. The fraction of sp³-hybridized carbons (Fsp3) is 0.667. The molecule has 27 heavy (non-hydrogen) atoms. The van der Waals surface area contributed by atoms with Gasteiger partial charge in [-0.05, 0) is 39.9 Å². The van der Waals surface area contributed by atoms with Crippen molar-refractivity contribution in [2.75, 3.05) is 12.8 Å². The SMILES string of the molecule is CSc1nc(O)c2n[nH]c(C3(CNC(=O)OC(C)(C)C)CCCCC3)c2n1. The van der Waals surface area contributed by atoms with Crippen LogP contribution in [0.4, 0.5) is 4.79 Å². The maximum atomic E-state index is 12.2. The van der Waals surface area contributed by atoms with Crippen molar-refractivity contribution in [3.8, 4) is 5.88 Å². The van der Waals surface area contributed by atoms with E-state index in [9.17, 15) is 9.90 Å². The number of aromatic hydroxyl groups is 1. The fourth-order valence-corrected chi connectivity index (χ4v) is 3.99. The lowest BCUT2D eigenvalue weighted by Gasteiger charge is -2.36. The Morgan fingerprint density at radius 2 is 1.96 bits per heavy atom. The molecule has 1 fully saturated rings. The Morgan fingerprint density at radius 1 is 1.26 bits per heavy atom. The Hall–Kier alpha value is -2.03. The summed E-state index contributed by atoms with van der Waals surface area (Å²) in [6, 6.07) is 0. The number of fused-ring (bicyclic) bond motifs is 1. The Kier molecular flexibility index (Phi) is 5.50. The monoisotopic (exact) mass is 393 g/mol. The average molecular weight is 394 g/mol. The summed E-state index contributed by atoms with van der Waals surface area (Å²) < 4.78 is 5.39. The third kappa shape index (κ3) is 4.28. The van der Waals surface area contributed by atoms with Crippen LogP contribution in [0.15, 0.2) is 5.16 Å². The van der Waals surface area contributed by atoms with E-state index in [2.05, 4.69) is 25.5 Å². The van der Waals surface area contributed by atoms with E-state index in [1.165, 1.54) is 11.8 Å². The minimum absolute atomic E-state index is 0.127. The van der Waals surface area contributed by atoms with Crippen molar-refractivity contribution in [2.45, 2.75) is 69.0 Å². The highest BCUT2D eigenvalue weighted by Crippen LogP contribution is 2.41. The summed E-state index contributed by atoms with van der Waals surface area (Å²) >= 11 is 1.37. The molecular formula is C18H27N5O3S. The Bertz CT molecular complexity index is 824. The van der Waals surface area contributed by atoms with Gasteiger partial charge in [-0.25, -0.2) is 9.78 Å². The van der Waals surface area contributed by atoms with E-state index in [1.54, 1.807) is 0 Å². The minimum atomic E-state index is -0.545. The van der Waals surface area contributed by atoms with Crippen LogP contribution >= 0.6 is 11.8 Å². The summed E-state index contributed by atoms with van der Waals surface area (Å²) in [6.07, 6.45) is 6.51. The number of carbonyl (C=O) groups excluding carboxylic acids is 1. The minimum Gasteiger partial charge on any atom is -0.492 e. The third-order valence-corrected chi connectivity index (χ3v) is 5.40. The van der Waals surface area contributed by atoms with Crippen LogP contribution in [0.2, 0.25) is 0 Å². The topological polar surface area (TPSA) is 113 Å². The number of hydrogen-bond donors (Lipinski definition) is 3. The molecule has 1 saturated carbocycles. The van der Waals surface area contributed by atoms with Gasteiger partial charge >= 0.3 is 6.09 Å². The number of alkyl carbamates (subject to hydrolysis) is 1. The molecule has 0 aromatic carbocycles. The molecule has 3 N–H and O–H groups in total. The van der Waals surface area contributed by atoms with Crippen LogP contribution in [-0.2, 0) is 10.2 Å². The second-order valence-electron chi connectivity index (χ2n) is 8.03. The highest BCUT2D eigenvalue weighted by atomic mass is 32.2. The number of hydrogen-bond acceptors (Lipinski definition) is 7. The van der Waals surface area contributed by atoms with Gasteiger partial charge in [-0.15, -0.1) is 0 Å². The molecule has 1 amide bonds. The van der Waals surface area contributed by atoms with Crippen molar-refractivity contribution in [1.29, 1.82) is 0 Å². The molecule has 8 nitrogen and oxygen atoms in total. The van der Waals surface area contributed by atoms with Gasteiger partial charge < -0.3 is 15.2 Å². The van der Waals surface area contributed by atoms with Gasteiger partial charge in [0.05, 0.1) is 5.69 Å². The lowest BCUT2D eigenvalue weighted by Crippen LogP contribution is -2.44. The molecule has 0 radical (unpaired) electrons. The molecular weight excluding hydrogens is 366 g/mol. The van der Waals surface area contributed by atoms with E-state index in [1.807, 2.05) is 27.0 Å². The number of rotatable bonds is 4. The van der Waals surface area contributed by atoms with Crippen molar-refractivity contribution in [1.82, 2.24) is 25.5 Å². The highest BCUT2D eigenvalue weighted by Gasteiger charge is 2.38. The summed E-state index contributed by atoms with van der Waals surface area (Å²) in [7, 11) is 0. The number of H-pyrrole nitrogens is 1. The molecule has 1 aliphatic carbocycles. The van der Waals surface area contributed by atoms with Crippen LogP contribution in [0.1, 0.15) is 58.6 Å². The van der Waals surface area contributed by atoms with Crippen LogP contribution in [0.25, 0.3) is 11.0 Å². The third-order valence-electron chi connectivity index (χ3n) is 4.85. The van der Waals surface area contributed by atoms with Gasteiger partial charge in [-0.1, -0.05) is 31.0 Å². The van der Waals surface area contributed by atoms with Gasteiger partial charge in [0, 0.05) is 12.0 Å². The molecule has 2 aromatic heterocycles. The number of carbonyl (C=O) groups is 1. The molecule has 2 heterocycles. The Balaban J connectivity index is 1.94. The summed E-state index contributed by atoms with van der Waals surface area (Å²) in [6.45, 7) is 5.96. The molecule has 0 atom stereocenters. The first-order valence-corrected chi connectivity index (χ1v) is 10.4. The molecule has 0 bridgehead atoms. The standard InChI is InChI=1S/C18H27N5O3S/c1-17(2,3)26-16(25)19-10-18(8-6-5-7-9-18)13-11-12(22-23-13)14(24)21-15(20-11)27-4/h5-10H2,1-4H3,(H,19,25)(H,22,23)(H,20,21,24). The van der Waals surface area contributed by atoms with Crippen LogP contribution < -0.4 is 5.32 Å². The van der Waals surface area contributed by atoms with Crippen molar-refractivity contribution < 1.29 is 14.6 Å². The van der Waals surface area contributed by atoms with Crippen molar-refractivity contribution in [3.63, 3.8) is 0 Å². The zero-order chi connectivity index (χ0) is 19.7. The molecule has 9 heteroatoms. The van der Waals surface area contributed by atoms with Crippen LogP contribution in [0, 0.1) is 0 Å². The van der Waals surface area contributed by atoms with Crippen molar-refractivity contribution in [2.24, 2.45) is 0 Å². The zero-order valence-electron chi connectivity index (χ0n) is 16.3. The van der Waals surface area contributed by atoms with Crippen LogP contribution in [0.3, 0.4) is 0 Å². The molecule has 0 aliphatic heterocycles. The predicted octanol–water partition coefficient (Wildman–Crippen LogP) is 3.51. The molecule has 148 valence electrons. The van der Waals surface area contributed by atoms with Crippen molar-refractivity contribution >= 4 is 28.9 Å². The van der Waals surface area contributed by atoms with Gasteiger partial charge in [0.25, 0.3) is 0 Å². The maximum Gasteiger partial charge on any atom is 0.407 e. The van der Waals surface area contributed by atoms with Crippen LogP contribution in [0.5, 0.6) is 5.88 Å². The number of aromatic nitrogens is 4. The fourth-order valence-electron chi connectivity index (χ4n) is 3.63. The van der Waals surface area contributed by atoms with E-state index >= 15 is 0 Å². The number of nitrogens with one attached hydrogen (secondary N) is 2. The molecule has 2 aromatic rings. The maximum absolute atomic E-state index is 12.2. The molecule has 3 rings (SSSR count). The average Bonchev–Trinajstić information content (AvgIpc) is 3.04. The summed E-state index contributed by atoms with van der Waals surface area (Å²) in [5.41, 5.74) is 0.975. The van der Waals surface area contributed by atoms with E-state index in [0.717, 1.165) is 37.8 Å². The summed E-state index contributed by atoms with van der Waals surface area (Å²) in [4.78, 5) is 20.8. The zero-order valence-corrected chi connectivity index (χ0v) is 17.1. The lowest BCUT2D eigenvalue weighted by molar-refractivity contribution is 0.0507. The highest BCUT2D eigenvalue weighted by molar-refractivity contribution is 7.98. The summed E-state index contributed by atoms with van der Waals surface area (Å²) in [5, 5.41) is 20.9. The first-order valence-electron chi connectivity index (χ1n) is 9.20. The molecule has 1 aliphatic rings. The number of amides is 1. The van der Waals surface area contributed by atoms with E-state index < -0.39 is 11.7 Å². The number of ether oxygens (including phenoxy) is 1. The Labute approximate surface area is 162 Å². The van der Waals surface area contributed by atoms with E-state index in [-0.39, 0.29) is 11.3 Å². The molecule has 0 saturated heterocycles. The largest absolute Gasteiger partial charge is 0.492 e. The first-order chi connectivity index (χ1) is 12.7. The predicted molar refractivity (Wildman–Crippen MR) is 104 cm³/mol. The van der Waals surface area contributed by atoms with Gasteiger partial charge in [0.1, 0.15) is 11.1 Å². The second kappa shape index (κ2) is 7.53. The number of nitrogens with zero attached hydrogens (tertiary/aromatic N) is 3. The number of thioether (sulfide) groups is 1.